The van der Waals surface area contributed by atoms with Crippen LogP contribution in [0.3, 0.4) is 0 Å². The predicted octanol–water partition coefficient (Wildman–Crippen LogP) is 4.29. The number of hydrogen-bond acceptors (Lipinski definition) is 5. The van der Waals surface area contributed by atoms with E-state index in [9.17, 15) is 9.59 Å². The number of rotatable bonds is 10. The fourth-order valence-corrected chi connectivity index (χ4v) is 3.46. The lowest BCUT2D eigenvalue weighted by atomic mass is 10.1. The van der Waals surface area contributed by atoms with Gasteiger partial charge in [-0.25, -0.2) is 10.3 Å². The van der Waals surface area contributed by atoms with Gasteiger partial charge < -0.3 is 20.1 Å². The van der Waals surface area contributed by atoms with Gasteiger partial charge in [0.2, 0.25) is 0 Å². The lowest BCUT2D eigenvalue weighted by Gasteiger charge is -2.23. The summed E-state index contributed by atoms with van der Waals surface area (Å²) in [5.41, 5.74) is 5.44. The number of amides is 3. The minimum Gasteiger partial charge on any atom is -0.497 e. The van der Waals surface area contributed by atoms with Crippen LogP contribution in [0, 0.1) is 0 Å². The zero-order valence-electron chi connectivity index (χ0n) is 19.0. The number of carbonyl (C=O) groups is 2. The van der Waals surface area contributed by atoms with E-state index in [0.717, 1.165) is 22.4 Å². The molecule has 0 aliphatic rings. The molecule has 0 aliphatic carbocycles. The SMILES string of the molecule is COc1cccc(-c2ccc(NC(=O)N(CCCCO)Cc3ccc(C(=O)NO)cc3)cc2)c1. The van der Waals surface area contributed by atoms with Crippen molar-refractivity contribution in [2.75, 3.05) is 25.6 Å². The number of nitrogens with one attached hydrogen (secondary N) is 2. The topological polar surface area (TPSA) is 111 Å². The number of nitrogens with zero attached hydrogens (tertiary/aromatic N) is 1. The molecule has 178 valence electrons. The van der Waals surface area contributed by atoms with Crippen LogP contribution in [0.1, 0.15) is 28.8 Å². The van der Waals surface area contributed by atoms with Gasteiger partial charge in [-0.15, -0.1) is 0 Å². The molecule has 0 heterocycles. The molecule has 0 saturated carbocycles. The molecule has 0 atom stereocenters. The van der Waals surface area contributed by atoms with E-state index in [1.807, 2.05) is 48.5 Å². The summed E-state index contributed by atoms with van der Waals surface area (Å²) in [6.07, 6.45) is 1.25. The maximum Gasteiger partial charge on any atom is 0.322 e. The molecule has 0 saturated heterocycles. The number of aliphatic hydroxyl groups is 1. The maximum absolute atomic E-state index is 13.0. The van der Waals surface area contributed by atoms with E-state index in [2.05, 4.69) is 5.32 Å². The van der Waals surface area contributed by atoms with Crippen LogP contribution in [0.25, 0.3) is 11.1 Å². The fourth-order valence-electron chi connectivity index (χ4n) is 3.46. The zero-order chi connectivity index (χ0) is 24.3. The molecule has 0 aliphatic heterocycles. The molecule has 0 unspecified atom stereocenters. The Kier molecular flexibility index (Phi) is 9.02. The Morgan fingerprint density at radius 1 is 0.941 bits per heavy atom. The van der Waals surface area contributed by atoms with Crippen LogP contribution in [-0.2, 0) is 6.54 Å². The third-order valence-electron chi connectivity index (χ3n) is 5.35. The number of hydrogen-bond donors (Lipinski definition) is 4. The molecule has 3 rings (SSSR count). The van der Waals surface area contributed by atoms with Crippen LogP contribution in [0.15, 0.2) is 72.8 Å². The number of benzene rings is 3. The van der Waals surface area contributed by atoms with Gasteiger partial charge in [0.05, 0.1) is 7.11 Å². The summed E-state index contributed by atoms with van der Waals surface area (Å²) in [7, 11) is 1.63. The summed E-state index contributed by atoms with van der Waals surface area (Å²) in [6.45, 7) is 0.861. The summed E-state index contributed by atoms with van der Waals surface area (Å²) in [5.74, 6) is 0.180. The van der Waals surface area contributed by atoms with Crippen LogP contribution < -0.4 is 15.5 Å². The Morgan fingerprint density at radius 2 is 1.68 bits per heavy atom. The summed E-state index contributed by atoms with van der Waals surface area (Å²) < 4.78 is 5.28. The zero-order valence-corrected chi connectivity index (χ0v) is 19.0. The second-order valence-electron chi connectivity index (χ2n) is 7.73. The van der Waals surface area contributed by atoms with Gasteiger partial charge in [0.15, 0.2) is 0 Å². The van der Waals surface area contributed by atoms with E-state index in [-0.39, 0.29) is 12.6 Å². The van der Waals surface area contributed by atoms with E-state index in [4.69, 9.17) is 15.1 Å². The standard InChI is InChI=1S/C26H29N3O5/c1-34-24-6-4-5-22(17-24)20-11-13-23(14-12-20)27-26(32)29(15-2-3-16-30)18-19-7-9-21(10-8-19)25(31)28-33/h4-14,17,30,33H,2-3,15-16,18H2,1H3,(H,27,32)(H,28,31). The third kappa shape index (κ3) is 6.81. The number of aliphatic hydroxyl groups excluding tert-OH is 1. The highest BCUT2D eigenvalue weighted by molar-refractivity contribution is 5.93. The second-order valence-corrected chi connectivity index (χ2v) is 7.73. The Labute approximate surface area is 198 Å². The number of hydroxylamine groups is 1. The van der Waals surface area contributed by atoms with Crippen molar-refractivity contribution in [1.29, 1.82) is 0 Å². The predicted molar refractivity (Wildman–Crippen MR) is 130 cm³/mol. The van der Waals surface area contributed by atoms with Gasteiger partial charge in [0, 0.05) is 30.9 Å². The van der Waals surface area contributed by atoms with Crippen molar-refractivity contribution in [3.8, 4) is 16.9 Å². The Morgan fingerprint density at radius 3 is 2.32 bits per heavy atom. The number of carbonyl (C=O) groups excluding carboxylic acids is 2. The molecular weight excluding hydrogens is 434 g/mol. The van der Waals surface area contributed by atoms with E-state index in [1.165, 1.54) is 0 Å². The molecule has 0 radical (unpaired) electrons. The molecule has 8 nitrogen and oxygen atoms in total. The first-order chi connectivity index (χ1) is 16.5. The normalized spacial score (nSPS) is 10.4. The highest BCUT2D eigenvalue weighted by Gasteiger charge is 2.15. The fraction of sp³-hybridized carbons (Fsp3) is 0.231. The third-order valence-corrected chi connectivity index (χ3v) is 5.35. The molecule has 0 bridgehead atoms. The number of anilines is 1. The van der Waals surface area contributed by atoms with Crippen molar-refractivity contribution in [2.24, 2.45) is 0 Å². The van der Waals surface area contributed by atoms with Crippen LogP contribution in [0.2, 0.25) is 0 Å². The highest BCUT2D eigenvalue weighted by atomic mass is 16.5. The molecule has 34 heavy (non-hydrogen) atoms. The lowest BCUT2D eigenvalue weighted by Crippen LogP contribution is -2.35. The smallest absolute Gasteiger partial charge is 0.322 e. The number of urea groups is 1. The summed E-state index contributed by atoms with van der Waals surface area (Å²) in [4.78, 5) is 26.2. The quantitative estimate of drug-likeness (QED) is 0.204. The van der Waals surface area contributed by atoms with E-state index in [0.29, 0.717) is 37.2 Å². The van der Waals surface area contributed by atoms with Crippen molar-refractivity contribution in [3.63, 3.8) is 0 Å². The molecular formula is C26H29N3O5. The van der Waals surface area contributed by atoms with Gasteiger partial charge in [0.25, 0.3) is 5.91 Å². The van der Waals surface area contributed by atoms with E-state index in [1.54, 1.807) is 41.8 Å². The van der Waals surface area contributed by atoms with Gasteiger partial charge in [-0.3, -0.25) is 10.0 Å². The average molecular weight is 464 g/mol. The number of methoxy groups -OCH3 is 1. The summed E-state index contributed by atoms with van der Waals surface area (Å²) in [5, 5.41) is 20.8. The van der Waals surface area contributed by atoms with Gasteiger partial charge >= 0.3 is 6.03 Å². The van der Waals surface area contributed by atoms with E-state index < -0.39 is 5.91 Å². The number of ether oxygens (including phenoxy) is 1. The lowest BCUT2D eigenvalue weighted by molar-refractivity contribution is 0.0706. The highest BCUT2D eigenvalue weighted by Crippen LogP contribution is 2.25. The van der Waals surface area contributed by atoms with Crippen LogP contribution in [-0.4, -0.2) is 47.4 Å². The van der Waals surface area contributed by atoms with E-state index >= 15 is 0 Å². The second kappa shape index (κ2) is 12.4. The van der Waals surface area contributed by atoms with Crippen molar-refractivity contribution in [2.45, 2.75) is 19.4 Å². The maximum atomic E-state index is 13.0. The first kappa shape index (κ1) is 24.8. The molecule has 4 N–H and O–H groups in total. The molecule has 0 spiro atoms. The van der Waals surface area contributed by atoms with Crippen molar-refractivity contribution in [3.05, 3.63) is 83.9 Å². The minimum absolute atomic E-state index is 0.0617. The van der Waals surface area contributed by atoms with Crippen LogP contribution in [0.4, 0.5) is 10.5 Å². The first-order valence-corrected chi connectivity index (χ1v) is 11.0. The van der Waals surface area contributed by atoms with Gasteiger partial charge in [0.1, 0.15) is 5.75 Å². The Balaban J connectivity index is 1.69. The number of unbranched alkanes of at least 4 members (excludes halogenated alkanes) is 1. The van der Waals surface area contributed by atoms with Crippen molar-refractivity contribution in [1.82, 2.24) is 10.4 Å². The van der Waals surface area contributed by atoms with Gasteiger partial charge in [-0.1, -0.05) is 36.4 Å². The van der Waals surface area contributed by atoms with Gasteiger partial charge in [-0.2, -0.15) is 0 Å². The van der Waals surface area contributed by atoms with Crippen molar-refractivity contribution < 1.29 is 24.6 Å². The first-order valence-electron chi connectivity index (χ1n) is 11.0. The monoisotopic (exact) mass is 463 g/mol. The van der Waals surface area contributed by atoms with Crippen molar-refractivity contribution >= 4 is 17.6 Å². The Hall–Kier alpha value is -3.88. The van der Waals surface area contributed by atoms with Gasteiger partial charge in [-0.05, 0) is 65.9 Å². The Bertz CT molecular complexity index is 1080. The molecule has 0 fully saturated rings. The van der Waals surface area contributed by atoms with Crippen LogP contribution in [0.5, 0.6) is 5.75 Å². The summed E-state index contributed by atoms with van der Waals surface area (Å²) >= 11 is 0. The molecule has 8 heteroatoms. The molecule has 0 aromatic heterocycles. The van der Waals surface area contributed by atoms with Crippen LogP contribution >= 0.6 is 0 Å². The molecule has 3 aromatic rings. The molecule has 3 aromatic carbocycles. The average Bonchev–Trinajstić information content (AvgIpc) is 2.88. The summed E-state index contributed by atoms with van der Waals surface area (Å²) in [6, 6.07) is 21.7. The minimum atomic E-state index is -0.596. The molecule has 3 amide bonds. The largest absolute Gasteiger partial charge is 0.497 e.